The molecule has 0 saturated heterocycles. The molecule has 20 heavy (non-hydrogen) atoms. The van der Waals surface area contributed by atoms with Crippen LogP contribution in [0.5, 0.6) is 0 Å². The van der Waals surface area contributed by atoms with Crippen LogP contribution in [0.2, 0.25) is 0 Å². The van der Waals surface area contributed by atoms with E-state index in [9.17, 15) is 13.6 Å². The maximum Gasteiger partial charge on any atom is 0.352 e. The van der Waals surface area contributed by atoms with E-state index in [2.05, 4.69) is 9.97 Å². The minimum Gasteiger partial charge on any atom is -0.477 e. The van der Waals surface area contributed by atoms with Crippen LogP contribution in [0.1, 0.15) is 15.5 Å². The molecule has 108 valence electrons. The van der Waals surface area contributed by atoms with Crippen molar-refractivity contribution in [2.24, 2.45) is 0 Å². The van der Waals surface area contributed by atoms with E-state index in [0.717, 1.165) is 5.01 Å². The molecule has 0 unspecified atom stereocenters. The monoisotopic (exact) mass is 302 g/mol. The smallest absolute Gasteiger partial charge is 0.352 e. The van der Waals surface area contributed by atoms with E-state index in [1.54, 1.807) is 11.6 Å². The summed E-state index contributed by atoms with van der Waals surface area (Å²) in [6, 6.07) is 1.49. The second-order valence-electron chi connectivity index (χ2n) is 3.95. The highest BCUT2D eigenvalue weighted by Crippen LogP contribution is 2.23. The summed E-state index contributed by atoms with van der Waals surface area (Å²) in [5.41, 5.74) is 1.43. The summed E-state index contributed by atoms with van der Waals surface area (Å²) in [6.45, 7) is -0.386. The first-order chi connectivity index (χ1) is 9.56. The van der Waals surface area contributed by atoms with Gasteiger partial charge in [0, 0.05) is 23.6 Å². The van der Waals surface area contributed by atoms with Crippen LogP contribution in [-0.2, 0) is 11.2 Å². The second-order valence-corrected chi connectivity index (χ2v) is 4.89. The Hall–Kier alpha value is -1.80. The summed E-state index contributed by atoms with van der Waals surface area (Å²) in [7, 11) is 0. The van der Waals surface area contributed by atoms with Crippen LogP contribution in [0.3, 0.4) is 0 Å². The molecular weight excluding hydrogens is 290 g/mol. The molecule has 0 aliphatic rings. The predicted octanol–water partition coefficient (Wildman–Crippen LogP) is 2.66. The molecule has 0 bridgehead atoms. The van der Waals surface area contributed by atoms with E-state index in [1.165, 1.54) is 17.4 Å². The van der Waals surface area contributed by atoms with E-state index < -0.39 is 19.0 Å². The molecule has 0 saturated carbocycles. The van der Waals surface area contributed by atoms with Crippen molar-refractivity contribution in [3.63, 3.8) is 0 Å². The molecule has 2 N–H and O–H groups in total. The van der Waals surface area contributed by atoms with E-state index in [-0.39, 0.29) is 12.3 Å². The fourth-order valence-corrected chi connectivity index (χ4v) is 2.34. The molecular formula is C12H12F2N2O3S. The van der Waals surface area contributed by atoms with Gasteiger partial charge in [-0.3, -0.25) is 0 Å². The lowest BCUT2D eigenvalue weighted by Gasteiger charge is -2.00. The minimum atomic E-state index is -2.46. The standard InChI is InChI=1S/C12H12F2N2O3S/c13-10(14)5-19-2-1-11-16-9(6-20-11)7-3-8(12(17)18)15-4-7/h3-4,6,10,15H,1-2,5H2,(H,17,18). The number of hydrogen-bond acceptors (Lipinski definition) is 4. The SMILES string of the molecule is O=C(O)c1cc(-c2csc(CCOCC(F)F)n2)c[nH]1. The van der Waals surface area contributed by atoms with Crippen molar-refractivity contribution in [2.45, 2.75) is 12.8 Å². The fourth-order valence-electron chi connectivity index (χ4n) is 1.56. The van der Waals surface area contributed by atoms with Crippen LogP contribution in [-0.4, -0.2) is 40.7 Å². The lowest BCUT2D eigenvalue weighted by atomic mass is 10.2. The quantitative estimate of drug-likeness (QED) is 0.771. The summed E-state index contributed by atoms with van der Waals surface area (Å²) >= 11 is 1.38. The van der Waals surface area contributed by atoms with Crippen molar-refractivity contribution in [3.05, 3.63) is 28.3 Å². The number of aromatic nitrogens is 2. The second kappa shape index (κ2) is 6.58. The molecule has 0 aromatic carbocycles. The molecule has 0 spiro atoms. The molecule has 5 nitrogen and oxygen atoms in total. The maximum absolute atomic E-state index is 11.9. The number of thiazole rings is 1. The number of aromatic carboxylic acids is 1. The summed E-state index contributed by atoms with van der Waals surface area (Å²) in [6.07, 6.45) is -0.445. The van der Waals surface area contributed by atoms with E-state index >= 15 is 0 Å². The van der Waals surface area contributed by atoms with E-state index in [1.807, 2.05) is 0 Å². The van der Waals surface area contributed by atoms with Gasteiger partial charge in [-0.25, -0.2) is 18.6 Å². The van der Waals surface area contributed by atoms with Gasteiger partial charge in [0.2, 0.25) is 0 Å². The number of nitrogens with one attached hydrogen (secondary N) is 1. The lowest BCUT2D eigenvalue weighted by Crippen LogP contribution is -2.06. The van der Waals surface area contributed by atoms with Crippen molar-refractivity contribution in [2.75, 3.05) is 13.2 Å². The van der Waals surface area contributed by atoms with Gasteiger partial charge < -0.3 is 14.8 Å². The van der Waals surface area contributed by atoms with Gasteiger partial charge in [0.15, 0.2) is 0 Å². The topological polar surface area (TPSA) is 75.2 Å². The fraction of sp³-hybridized carbons (Fsp3) is 0.333. The highest BCUT2D eigenvalue weighted by atomic mass is 32.1. The van der Waals surface area contributed by atoms with Crippen LogP contribution in [0.25, 0.3) is 11.3 Å². The van der Waals surface area contributed by atoms with Crippen LogP contribution in [0.15, 0.2) is 17.6 Å². The number of aromatic amines is 1. The Kier molecular flexibility index (Phi) is 4.80. The zero-order chi connectivity index (χ0) is 14.5. The third kappa shape index (κ3) is 3.84. The molecule has 2 aromatic heterocycles. The number of carbonyl (C=O) groups is 1. The van der Waals surface area contributed by atoms with Crippen molar-refractivity contribution in [1.29, 1.82) is 0 Å². The Bertz CT molecular complexity index is 583. The summed E-state index contributed by atoms with van der Waals surface area (Å²) < 4.78 is 28.5. The number of alkyl halides is 2. The molecule has 0 fully saturated rings. The lowest BCUT2D eigenvalue weighted by molar-refractivity contribution is 0.0187. The largest absolute Gasteiger partial charge is 0.477 e. The summed E-state index contributed by atoms with van der Waals surface area (Å²) in [5, 5.41) is 11.4. The molecule has 0 atom stereocenters. The molecule has 2 aromatic rings. The Morgan fingerprint density at radius 3 is 3.00 bits per heavy atom. The van der Waals surface area contributed by atoms with Crippen molar-refractivity contribution < 1.29 is 23.4 Å². The number of carboxylic acids is 1. The van der Waals surface area contributed by atoms with Gasteiger partial charge in [-0.15, -0.1) is 11.3 Å². The van der Waals surface area contributed by atoms with Crippen LogP contribution in [0, 0.1) is 0 Å². The average molecular weight is 302 g/mol. The summed E-state index contributed by atoms with van der Waals surface area (Å²) in [5.74, 6) is -1.04. The Balaban J connectivity index is 1.92. The number of halogens is 2. The third-order valence-electron chi connectivity index (χ3n) is 2.47. The zero-order valence-electron chi connectivity index (χ0n) is 10.3. The van der Waals surface area contributed by atoms with Crippen LogP contribution < -0.4 is 0 Å². The number of nitrogens with zero attached hydrogens (tertiary/aromatic N) is 1. The minimum absolute atomic E-state index is 0.0924. The summed E-state index contributed by atoms with van der Waals surface area (Å²) in [4.78, 5) is 17.7. The first-order valence-corrected chi connectivity index (χ1v) is 6.66. The molecule has 0 aliphatic heterocycles. The number of H-pyrrole nitrogens is 1. The number of hydrogen-bond donors (Lipinski definition) is 2. The van der Waals surface area contributed by atoms with E-state index in [0.29, 0.717) is 17.7 Å². The van der Waals surface area contributed by atoms with Gasteiger partial charge >= 0.3 is 5.97 Å². The highest BCUT2D eigenvalue weighted by Gasteiger charge is 2.10. The zero-order valence-corrected chi connectivity index (χ0v) is 11.1. The van der Waals surface area contributed by atoms with Gasteiger partial charge in [-0.1, -0.05) is 0 Å². The molecule has 2 rings (SSSR count). The first kappa shape index (κ1) is 14.6. The van der Waals surface area contributed by atoms with E-state index in [4.69, 9.17) is 9.84 Å². The van der Waals surface area contributed by atoms with Crippen LogP contribution >= 0.6 is 11.3 Å². The van der Waals surface area contributed by atoms with Crippen LogP contribution in [0.4, 0.5) is 8.78 Å². The van der Waals surface area contributed by atoms with Gasteiger partial charge in [-0.05, 0) is 6.07 Å². The highest BCUT2D eigenvalue weighted by molar-refractivity contribution is 7.09. The average Bonchev–Trinajstić information content (AvgIpc) is 3.03. The first-order valence-electron chi connectivity index (χ1n) is 5.78. The molecule has 8 heteroatoms. The van der Waals surface area contributed by atoms with Gasteiger partial charge in [0.05, 0.1) is 17.3 Å². The molecule has 2 heterocycles. The number of carboxylic acid groups (broad SMARTS) is 1. The Morgan fingerprint density at radius 1 is 1.55 bits per heavy atom. The normalized spacial score (nSPS) is 11.2. The third-order valence-corrected chi connectivity index (χ3v) is 3.37. The van der Waals surface area contributed by atoms with Gasteiger partial charge in [0.25, 0.3) is 6.43 Å². The molecule has 0 aliphatic carbocycles. The molecule has 0 amide bonds. The van der Waals surface area contributed by atoms with Crippen molar-refractivity contribution in [3.8, 4) is 11.3 Å². The maximum atomic E-state index is 11.9. The molecule has 0 radical (unpaired) electrons. The number of ether oxygens (including phenoxy) is 1. The van der Waals surface area contributed by atoms with Crippen molar-refractivity contribution >= 4 is 17.3 Å². The Labute approximate surface area is 117 Å². The predicted molar refractivity (Wildman–Crippen MR) is 69.4 cm³/mol. The Morgan fingerprint density at radius 2 is 2.35 bits per heavy atom. The van der Waals surface area contributed by atoms with Gasteiger partial charge in [-0.2, -0.15) is 0 Å². The number of rotatable bonds is 7. The van der Waals surface area contributed by atoms with Crippen molar-refractivity contribution in [1.82, 2.24) is 9.97 Å². The van der Waals surface area contributed by atoms with Gasteiger partial charge in [0.1, 0.15) is 12.3 Å².